The quantitative estimate of drug-likeness (QED) is 0.0280. The van der Waals surface area contributed by atoms with E-state index in [0.29, 0.717) is 12.8 Å². The number of hydrogen-bond donors (Lipinski definition) is 4. The summed E-state index contributed by atoms with van der Waals surface area (Å²) >= 11 is 0. The molecule has 0 aromatic heterocycles. The number of carbonyl (C=O) groups is 3. The van der Waals surface area contributed by atoms with Gasteiger partial charge in [0.2, 0.25) is 0 Å². The summed E-state index contributed by atoms with van der Waals surface area (Å²) in [6.07, 6.45) is 30.2. The van der Waals surface area contributed by atoms with Crippen molar-refractivity contribution >= 4 is 17.9 Å². The lowest BCUT2D eigenvalue weighted by Gasteiger charge is -2.38. The number of ether oxygens (including phenoxy) is 4. The van der Waals surface area contributed by atoms with E-state index < -0.39 is 61.3 Å². The molecule has 1 heterocycles. The summed E-state index contributed by atoms with van der Waals surface area (Å²) in [6.45, 7) is 3.69. The number of aliphatic hydroxyl groups excluding tert-OH is 3. The molecule has 1 aliphatic rings. The van der Waals surface area contributed by atoms with E-state index in [4.69, 9.17) is 18.9 Å². The van der Waals surface area contributed by atoms with E-state index in [0.717, 1.165) is 96.3 Å². The fourth-order valence-corrected chi connectivity index (χ4v) is 6.00. The van der Waals surface area contributed by atoms with Crippen LogP contribution in [-0.4, -0.2) is 88.4 Å². The Labute approximate surface area is 331 Å². The number of rotatable bonds is 34. The lowest BCUT2D eigenvalue weighted by Crippen LogP contribution is -2.60. The number of esters is 2. The fourth-order valence-electron chi connectivity index (χ4n) is 6.00. The number of carboxylic acid groups (broad SMARTS) is 1. The Morgan fingerprint density at radius 3 is 1.58 bits per heavy atom. The molecule has 1 rings (SSSR count). The van der Waals surface area contributed by atoms with Crippen LogP contribution in [0.5, 0.6) is 0 Å². The minimum absolute atomic E-state index is 0.162. The predicted molar refractivity (Wildman–Crippen MR) is 215 cm³/mol. The number of allylic oxidation sites excluding steroid dienone is 8. The van der Waals surface area contributed by atoms with Gasteiger partial charge in [0.1, 0.15) is 24.9 Å². The van der Waals surface area contributed by atoms with E-state index in [1.165, 1.54) is 25.7 Å². The van der Waals surface area contributed by atoms with Gasteiger partial charge in [-0.1, -0.05) is 127 Å². The maximum absolute atomic E-state index is 12.7. The zero-order chi connectivity index (χ0) is 40.4. The maximum atomic E-state index is 12.7. The van der Waals surface area contributed by atoms with Crippen LogP contribution in [0.4, 0.5) is 0 Å². The van der Waals surface area contributed by atoms with Gasteiger partial charge >= 0.3 is 17.9 Å². The molecule has 0 aromatic carbocycles. The van der Waals surface area contributed by atoms with Crippen molar-refractivity contribution in [3.63, 3.8) is 0 Å². The first-order valence-electron chi connectivity index (χ1n) is 21.2. The first-order chi connectivity index (χ1) is 26.7. The Morgan fingerprint density at radius 1 is 0.564 bits per heavy atom. The van der Waals surface area contributed by atoms with Gasteiger partial charge in [-0.3, -0.25) is 9.59 Å². The van der Waals surface area contributed by atoms with Crippen LogP contribution < -0.4 is 0 Å². The lowest BCUT2D eigenvalue weighted by molar-refractivity contribution is -0.298. The molecule has 1 aliphatic heterocycles. The summed E-state index contributed by atoms with van der Waals surface area (Å²) in [7, 11) is 0. The van der Waals surface area contributed by atoms with Crippen molar-refractivity contribution in [2.75, 3.05) is 13.2 Å². The molecule has 6 atom stereocenters. The Morgan fingerprint density at radius 2 is 1.05 bits per heavy atom. The van der Waals surface area contributed by atoms with Crippen LogP contribution in [-0.2, 0) is 33.3 Å². The van der Waals surface area contributed by atoms with Crippen molar-refractivity contribution in [2.24, 2.45) is 0 Å². The van der Waals surface area contributed by atoms with Gasteiger partial charge in [-0.25, -0.2) is 4.79 Å². The molecule has 55 heavy (non-hydrogen) atoms. The van der Waals surface area contributed by atoms with Crippen LogP contribution in [0.15, 0.2) is 48.6 Å². The molecule has 0 bridgehead atoms. The molecular weight excluding hydrogens is 704 g/mol. The highest BCUT2D eigenvalue weighted by atomic mass is 16.7. The molecule has 1 fully saturated rings. The molecule has 11 nitrogen and oxygen atoms in total. The molecule has 1 saturated heterocycles. The van der Waals surface area contributed by atoms with Crippen molar-refractivity contribution in [3.8, 4) is 0 Å². The van der Waals surface area contributed by atoms with E-state index in [9.17, 15) is 34.8 Å². The van der Waals surface area contributed by atoms with Crippen LogP contribution in [0.3, 0.4) is 0 Å². The molecule has 0 aliphatic carbocycles. The van der Waals surface area contributed by atoms with Crippen LogP contribution in [0.1, 0.15) is 162 Å². The van der Waals surface area contributed by atoms with Gasteiger partial charge in [-0.05, 0) is 70.6 Å². The highest BCUT2D eigenvalue weighted by molar-refractivity contribution is 5.73. The van der Waals surface area contributed by atoms with Crippen LogP contribution in [0.25, 0.3) is 0 Å². The zero-order valence-electron chi connectivity index (χ0n) is 33.9. The molecule has 0 radical (unpaired) electrons. The van der Waals surface area contributed by atoms with Crippen LogP contribution >= 0.6 is 0 Å². The molecule has 0 saturated carbocycles. The molecule has 0 spiro atoms. The van der Waals surface area contributed by atoms with E-state index in [1.807, 2.05) is 0 Å². The standard InChI is InChI=1S/C44H74O11/c1-3-5-7-9-11-13-15-17-18-19-21-22-24-26-28-30-32-37(45)52-34-36(35-53-44-41(49)39(47)40(48)42(55-44)43(50)51)54-38(46)33-31-29-27-25-23-20-16-14-12-10-8-6-4-2/h8,10,13-16,18-19,36,39-42,44,47-49H,3-7,9,11-12,17,20-35H2,1-2H3,(H,50,51)/b10-8-,15-13-,16-14-,19-18-. The topological polar surface area (TPSA) is 169 Å². The Bertz CT molecular complexity index is 1100. The van der Waals surface area contributed by atoms with E-state index in [1.54, 1.807) is 0 Å². The third-order valence-electron chi connectivity index (χ3n) is 9.38. The Hall–Kier alpha value is -2.83. The largest absolute Gasteiger partial charge is 0.479 e. The maximum Gasteiger partial charge on any atom is 0.335 e. The van der Waals surface area contributed by atoms with E-state index in [2.05, 4.69) is 62.5 Å². The SMILES string of the molecule is CCC/C=C\C/C=C\CCCCCCCC(=O)OC(COC(=O)CCCCCCC/C=C\C/C=C\CCCCCC)COC1OC(C(=O)O)C(O)C(O)C1O. The summed E-state index contributed by atoms with van der Waals surface area (Å²) in [4.78, 5) is 36.7. The predicted octanol–water partition coefficient (Wildman–Crippen LogP) is 8.59. The third-order valence-corrected chi connectivity index (χ3v) is 9.38. The third kappa shape index (κ3) is 26.6. The summed E-state index contributed by atoms with van der Waals surface area (Å²) < 4.78 is 21.7. The van der Waals surface area contributed by atoms with Crippen molar-refractivity contribution in [1.29, 1.82) is 0 Å². The first-order valence-corrected chi connectivity index (χ1v) is 21.2. The number of aliphatic carboxylic acids is 1. The van der Waals surface area contributed by atoms with Crippen molar-refractivity contribution in [3.05, 3.63) is 48.6 Å². The van der Waals surface area contributed by atoms with Crippen LogP contribution in [0, 0.1) is 0 Å². The molecule has 4 N–H and O–H groups in total. The smallest absolute Gasteiger partial charge is 0.335 e. The number of hydrogen-bond acceptors (Lipinski definition) is 10. The second-order valence-corrected chi connectivity index (χ2v) is 14.5. The van der Waals surface area contributed by atoms with E-state index in [-0.39, 0.29) is 19.4 Å². The average molecular weight is 779 g/mol. The van der Waals surface area contributed by atoms with E-state index >= 15 is 0 Å². The van der Waals surface area contributed by atoms with Gasteiger partial charge in [-0.2, -0.15) is 0 Å². The molecular formula is C44H74O11. The van der Waals surface area contributed by atoms with Gasteiger partial charge in [0.05, 0.1) is 6.61 Å². The minimum atomic E-state index is -1.87. The minimum Gasteiger partial charge on any atom is -0.479 e. The lowest BCUT2D eigenvalue weighted by atomic mass is 9.99. The molecule has 316 valence electrons. The fraction of sp³-hybridized carbons (Fsp3) is 0.750. The molecule has 0 aromatic rings. The van der Waals surface area contributed by atoms with Gasteiger partial charge in [0.25, 0.3) is 0 Å². The average Bonchev–Trinajstić information content (AvgIpc) is 3.17. The van der Waals surface area contributed by atoms with Crippen LogP contribution in [0.2, 0.25) is 0 Å². The highest BCUT2D eigenvalue weighted by Gasteiger charge is 2.47. The van der Waals surface area contributed by atoms with Gasteiger partial charge in [0, 0.05) is 12.8 Å². The van der Waals surface area contributed by atoms with Crippen molar-refractivity contribution in [2.45, 2.75) is 198 Å². The molecule has 11 heteroatoms. The number of carboxylic acids is 1. The second-order valence-electron chi connectivity index (χ2n) is 14.5. The zero-order valence-corrected chi connectivity index (χ0v) is 33.9. The highest BCUT2D eigenvalue weighted by Crippen LogP contribution is 2.23. The van der Waals surface area contributed by atoms with Crippen molar-refractivity contribution < 1.29 is 53.8 Å². The Balaban J connectivity index is 2.42. The van der Waals surface area contributed by atoms with Gasteiger partial charge in [0.15, 0.2) is 18.5 Å². The first kappa shape index (κ1) is 50.2. The monoisotopic (exact) mass is 779 g/mol. The molecule has 6 unspecified atom stereocenters. The van der Waals surface area contributed by atoms with Gasteiger partial charge < -0.3 is 39.4 Å². The summed E-state index contributed by atoms with van der Waals surface area (Å²) in [5.74, 6) is -2.49. The summed E-state index contributed by atoms with van der Waals surface area (Å²) in [6, 6.07) is 0. The van der Waals surface area contributed by atoms with Crippen molar-refractivity contribution in [1.82, 2.24) is 0 Å². The normalized spacial score (nSPS) is 20.9. The second kappa shape index (κ2) is 34.4. The Kier molecular flexibility index (Phi) is 31.4. The number of carbonyl (C=O) groups excluding carboxylic acids is 2. The summed E-state index contributed by atoms with van der Waals surface area (Å²) in [5, 5.41) is 39.7. The number of aliphatic hydroxyl groups is 3. The van der Waals surface area contributed by atoms with Gasteiger partial charge in [-0.15, -0.1) is 0 Å². The number of unbranched alkanes of at least 4 members (excludes halogenated alkanes) is 15. The molecule has 0 amide bonds. The summed E-state index contributed by atoms with van der Waals surface area (Å²) in [5.41, 5.74) is 0.